The molecule has 0 amide bonds. The summed E-state index contributed by atoms with van der Waals surface area (Å²) in [6.07, 6.45) is 0. The lowest BCUT2D eigenvalue weighted by Gasteiger charge is -2.12. The van der Waals surface area contributed by atoms with Gasteiger partial charge in [0, 0.05) is 13.0 Å². The molecular formula is C18H18O5S. The highest BCUT2D eigenvalue weighted by atomic mass is 32.2. The van der Waals surface area contributed by atoms with Crippen molar-refractivity contribution in [1.82, 2.24) is 0 Å². The van der Waals surface area contributed by atoms with Gasteiger partial charge in [-0.2, -0.15) is 0 Å². The van der Waals surface area contributed by atoms with Crippen LogP contribution in [0.2, 0.25) is 0 Å². The molecule has 0 unspecified atom stereocenters. The minimum atomic E-state index is -3.80. The van der Waals surface area contributed by atoms with Gasteiger partial charge in [0.05, 0.1) is 16.8 Å². The number of sulfone groups is 1. The van der Waals surface area contributed by atoms with Crippen molar-refractivity contribution in [2.45, 2.75) is 16.1 Å². The first-order chi connectivity index (χ1) is 11.5. The van der Waals surface area contributed by atoms with E-state index in [-0.39, 0.29) is 11.5 Å². The summed E-state index contributed by atoms with van der Waals surface area (Å²) in [5, 5.41) is 8.75. The molecule has 0 spiro atoms. The van der Waals surface area contributed by atoms with Crippen LogP contribution < -0.4 is 0 Å². The Morgan fingerprint density at radius 1 is 1.08 bits per heavy atom. The molecule has 3 atom stereocenters. The van der Waals surface area contributed by atoms with Crippen molar-refractivity contribution in [3.8, 4) is 0 Å². The number of carboxylic acids is 1. The Balaban J connectivity index is 2.12. The van der Waals surface area contributed by atoms with E-state index in [1.165, 1.54) is 19.2 Å². The third-order valence-electron chi connectivity index (χ3n) is 4.60. The standard InChI is InChI=1S/C18H18O5S/c1-23-12-18(17(19)20)15(13-8-4-2-5-9-13)16(18)24(21,22)14-10-6-3-7-11-14/h2-11,15-16H,12H2,1H3,(H,19,20)/t15-,16-,18-/m0/s1. The fourth-order valence-corrected chi connectivity index (χ4v) is 5.86. The normalized spacial score (nSPS) is 26.0. The quantitative estimate of drug-likeness (QED) is 0.868. The second-order valence-electron chi connectivity index (χ2n) is 5.95. The Bertz CT molecular complexity index is 832. The Labute approximate surface area is 140 Å². The summed E-state index contributed by atoms with van der Waals surface area (Å²) in [5.41, 5.74) is -0.772. The molecule has 0 saturated heterocycles. The molecule has 1 aliphatic carbocycles. The number of ether oxygens (including phenoxy) is 1. The van der Waals surface area contributed by atoms with Crippen LogP contribution in [0.1, 0.15) is 11.5 Å². The molecule has 5 nitrogen and oxygen atoms in total. The van der Waals surface area contributed by atoms with E-state index in [0.29, 0.717) is 5.56 Å². The van der Waals surface area contributed by atoms with Crippen molar-refractivity contribution in [3.05, 3.63) is 66.2 Å². The van der Waals surface area contributed by atoms with E-state index in [1.54, 1.807) is 42.5 Å². The molecule has 0 radical (unpaired) electrons. The molecule has 2 aromatic carbocycles. The predicted octanol–water partition coefficient (Wildman–Crippen LogP) is 2.34. The Hall–Kier alpha value is -2.18. The molecule has 1 N–H and O–H groups in total. The first kappa shape index (κ1) is 16.7. The van der Waals surface area contributed by atoms with Gasteiger partial charge in [-0.1, -0.05) is 48.5 Å². The molecule has 0 aromatic heterocycles. The van der Waals surface area contributed by atoms with Crippen LogP contribution in [0, 0.1) is 5.41 Å². The van der Waals surface area contributed by atoms with Crippen molar-refractivity contribution in [1.29, 1.82) is 0 Å². The van der Waals surface area contributed by atoms with Crippen LogP contribution in [0.3, 0.4) is 0 Å². The molecule has 0 aliphatic heterocycles. The molecule has 3 rings (SSSR count). The summed E-state index contributed by atoms with van der Waals surface area (Å²) in [7, 11) is -2.41. The lowest BCUT2D eigenvalue weighted by Crippen LogP contribution is -2.28. The average Bonchev–Trinajstić information content (AvgIpc) is 3.28. The maximum Gasteiger partial charge on any atom is 0.314 e. The molecule has 1 aliphatic rings. The molecule has 24 heavy (non-hydrogen) atoms. The molecule has 1 fully saturated rings. The number of rotatable bonds is 6. The molecule has 0 bridgehead atoms. The zero-order valence-corrected chi connectivity index (χ0v) is 13.9. The number of methoxy groups -OCH3 is 1. The molecule has 2 aromatic rings. The highest BCUT2D eigenvalue weighted by Gasteiger charge is 2.76. The van der Waals surface area contributed by atoms with Gasteiger partial charge < -0.3 is 9.84 Å². The zero-order chi connectivity index (χ0) is 17.4. The fraction of sp³-hybridized carbons (Fsp3) is 0.278. The van der Waals surface area contributed by atoms with E-state index in [2.05, 4.69) is 0 Å². The van der Waals surface area contributed by atoms with Gasteiger partial charge in [-0.05, 0) is 17.7 Å². The Kier molecular flexibility index (Phi) is 4.19. The molecule has 0 heterocycles. The number of aliphatic carboxylic acids is 1. The second kappa shape index (κ2) is 6.03. The third-order valence-corrected chi connectivity index (χ3v) is 6.89. The van der Waals surface area contributed by atoms with Crippen molar-refractivity contribution < 1.29 is 23.1 Å². The minimum Gasteiger partial charge on any atom is -0.481 e. The van der Waals surface area contributed by atoms with Crippen LogP contribution in [-0.4, -0.2) is 38.5 Å². The third kappa shape index (κ3) is 2.42. The topological polar surface area (TPSA) is 80.7 Å². The van der Waals surface area contributed by atoms with E-state index in [4.69, 9.17) is 4.74 Å². The van der Waals surface area contributed by atoms with Crippen molar-refractivity contribution >= 4 is 15.8 Å². The number of carboxylic acid groups (broad SMARTS) is 1. The van der Waals surface area contributed by atoms with Crippen LogP contribution in [0.15, 0.2) is 65.6 Å². The highest BCUT2D eigenvalue weighted by molar-refractivity contribution is 7.92. The van der Waals surface area contributed by atoms with Gasteiger partial charge in [-0.3, -0.25) is 4.79 Å². The number of carbonyl (C=O) groups is 1. The summed E-state index contributed by atoms with van der Waals surface area (Å²) in [6, 6.07) is 16.9. The number of benzene rings is 2. The van der Waals surface area contributed by atoms with Gasteiger partial charge in [-0.15, -0.1) is 0 Å². The SMILES string of the molecule is COC[C@]1(C(=O)O)[C@@H](c2ccccc2)[C@@H]1S(=O)(=O)c1ccccc1. The van der Waals surface area contributed by atoms with Crippen LogP contribution >= 0.6 is 0 Å². The molecule has 1 saturated carbocycles. The van der Waals surface area contributed by atoms with Gasteiger partial charge in [0.1, 0.15) is 5.41 Å². The first-order valence-electron chi connectivity index (χ1n) is 7.52. The monoisotopic (exact) mass is 346 g/mol. The highest BCUT2D eigenvalue weighted by Crippen LogP contribution is 2.64. The predicted molar refractivity (Wildman–Crippen MR) is 88.5 cm³/mol. The maximum absolute atomic E-state index is 13.1. The van der Waals surface area contributed by atoms with E-state index < -0.39 is 32.4 Å². The summed E-state index contributed by atoms with van der Waals surface area (Å²) in [4.78, 5) is 12.1. The summed E-state index contributed by atoms with van der Waals surface area (Å²) >= 11 is 0. The van der Waals surface area contributed by atoms with Gasteiger partial charge in [0.25, 0.3) is 0 Å². The summed E-state index contributed by atoms with van der Waals surface area (Å²) in [5.74, 6) is -1.79. The molecule has 6 heteroatoms. The van der Waals surface area contributed by atoms with E-state index in [1.807, 2.05) is 6.07 Å². The van der Waals surface area contributed by atoms with Crippen LogP contribution in [0.4, 0.5) is 0 Å². The van der Waals surface area contributed by atoms with Crippen molar-refractivity contribution in [2.75, 3.05) is 13.7 Å². The Morgan fingerprint density at radius 3 is 2.12 bits per heavy atom. The second-order valence-corrected chi connectivity index (χ2v) is 8.01. The average molecular weight is 346 g/mol. The van der Waals surface area contributed by atoms with Gasteiger partial charge in [0.2, 0.25) is 0 Å². The minimum absolute atomic E-state index is 0.134. The molecule has 126 valence electrons. The van der Waals surface area contributed by atoms with E-state index >= 15 is 0 Å². The number of hydrogen-bond donors (Lipinski definition) is 1. The number of hydrogen-bond acceptors (Lipinski definition) is 4. The van der Waals surface area contributed by atoms with Crippen LogP contribution in [0.25, 0.3) is 0 Å². The summed E-state index contributed by atoms with van der Waals surface area (Å²) in [6.45, 7) is -0.154. The lowest BCUT2D eigenvalue weighted by molar-refractivity contribution is -0.145. The lowest BCUT2D eigenvalue weighted by atomic mass is 10.0. The van der Waals surface area contributed by atoms with Gasteiger partial charge in [0.15, 0.2) is 9.84 Å². The maximum atomic E-state index is 13.1. The van der Waals surface area contributed by atoms with Crippen LogP contribution in [-0.2, 0) is 19.4 Å². The van der Waals surface area contributed by atoms with Crippen LogP contribution in [0.5, 0.6) is 0 Å². The summed E-state index contributed by atoms with van der Waals surface area (Å²) < 4.78 is 31.2. The van der Waals surface area contributed by atoms with Crippen molar-refractivity contribution in [2.24, 2.45) is 5.41 Å². The first-order valence-corrected chi connectivity index (χ1v) is 9.07. The van der Waals surface area contributed by atoms with Crippen molar-refractivity contribution in [3.63, 3.8) is 0 Å². The van der Waals surface area contributed by atoms with Gasteiger partial charge >= 0.3 is 5.97 Å². The smallest absolute Gasteiger partial charge is 0.314 e. The van der Waals surface area contributed by atoms with Gasteiger partial charge in [-0.25, -0.2) is 8.42 Å². The van der Waals surface area contributed by atoms with E-state index in [9.17, 15) is 18.3 Å². The largest absolute Gasteiger partial charge is 0.481 e. The molecular weight excluding hydrogens is 328 g/mol. The zero-order valence-electron chi connectivity index (χ0n) is 13.1. The van der Waals surface area contributed by atoms with E-state index in [0.717, 1.165) is 0 Å². The fourth-order valence-electron chi connectivity index (χ4n) is 3.48. The Morgan fingerprint density at radius 2 is 1.62 bits per heavy atom.